The Morgan fingerprint density at radius 2 is 1.89 bits per heavy atom. The minimum atomic E-state index is 0. The van der Waals surface area contributed by atoms with E-state index in [1.54, 1.807) is 0 Å². The van der Waals surface area contributed by atoms with Crippen LogP contribution < -0.4 is 5.32 Å². The Morgan fingerprint density at radius 3 is 2.64 bits per heavy atom. The van der Waals surface area contributed by atoms with Crippen molar-refractivity contribution in [2.24, 2.45) is 5.92 Å². The number of aromatic nitrogens is 1. The van der Waals surface area contributed by atoms with Crippen molar-refractivity contribution in [2.75, 3.05) is 19.6 Å². The Labute approximate surface area is 179 Å². The fourth-order valence-corrected chi connectivity index (χ4v) is 4.31. The second kappa shape index (κ2) is 10.8. The first-order valence-electron chi connectivity index (χ1n) is 9.83. The maximum absolute atomic E-state index is 13.2. The minimum absolute atomic E-state index is 0. The molecule has 1 aromatic carbocycles. The van der Waals surface area contributed by atoms with Crippen LogP contribution in [0.25, 0.3) is 0 Å². The van der Waals surface area contributed by atoms with E-state index in [-0.39, 0.29) is 36.8 Å². The number of piperidine rings is 1. The van der Waals surface area contributed by atoms with Crippen molar-refractivity contribution in [3.8, 4) is 0 Å². The van der Waals surface area contributed by atoms with Gasteiger partial charge in [-0.1, -0.05) is 18.2 Å². The molecule has 0 saturated carbocycles. The molecule has 2 saturated heterocycles. The Bertz CT molecular complexity index is 750. The van der Waals surface area contributed by atoms with Crippen LogP contribution in [0.15, 0.2) is 48.7 Å². The highest BCUT2D eigenvalue weighted by molar-refractivity contribution is 5.94. The van der Waals surface area contributed by atoms with E-state index in [0.717, 1.165) is 56.1 Å². The molecule has 0 bridgehead atoms. The molecule has 1 N–H and O–H groups in total. The van der Waals surface area contributed by atoms with E-state index >= 15 is 0 Å². The van der Waals surface area contributed by atoms with Crippen molar-refractivity contribution in [2.45, 2.75) is 38.1 Å². The topological polar surface area (TPSA) is 45.2 Å². The molecule has 28 heavy (non-hydrogen) atoms. The molecule has 2 aromatic rings. The van der Waals surface area contributed by atoms with E-state index in [2.05, 4.69) is 22.4 Å². The van der Waals surface area contributed by atoms with Crippen molar-refractivity contribution >= 4 is 30.7 Å². The lowest BCUT2D eigenvalue weighted by Crippen LogP contribution is -2.31. The zero-order valence-electron chi connectivity index (χ0n) is 16.0. The van der Waals surface area contributed by atoms with E-state index in [9.17, 15) is 4.79 Å². The van der Waals surface area contributed by atoms with Gasteiger partial charge in [0.1, 0.15) is 0 Å². The highest BCUT2D eigenvalue weighted by atomic mass is 35.5. The molecule has 4 rings (SSSR count). The van der Waals surface area contributed by atoms with E-state index in [1.165, 1.54) is 18.4 Å². The number of nitrogens with one attached hydrogen (secondary N) is 1. The third-order valence-electron chi connectivity index (χ3n) is 5.70. The first-order valence-corrected chi connectivity index (χ1v) is 9.83. The summed E-state index contributed by atoms with van der Waals surface area (Å²) in [5.41, 5.74) is 3.11. The van der Waals surface area contributed by atoms with E-state index in [4.69, 9.17) is 0 Å². The summed E-state index contributed by atoms with van der Waals surface area (Å²) < 4.78 is 0. The Hall–Kier alpha value is -1.62. The standard InChI is InChI=1S/C22H27N3O.2ClH/c26-22(25-14-4-8-21(25)20-7-1-2-11-24-20)19-6-3-5-18(16-19)15-17-9-12-23-13-10-17;;/h1-3,5-7,11,16-17,21,23H,4,8-10,12-15H2;2*1H. The van der Waals surface area contributed by atoms with Crippen LogP contribution in [-0.4, -0.2) is 35.4 Å². The SMILES string of the molecule is Cl.Cl.O=C(c1cccc(CC2CCNCC2)c1)N1CCCC1c1ccccn1. The third-order valence-corrected chi connectivity index (χ3v) is 5.70. The van der Waals surface area contributed by atoms with E-state index < -0.39 is 0 Å². The molecule has 2 aliphatic heterocycles. The van der Waals surface area contributed by atoms with Crippen LogP contribution >= 0.6 is 24.8 Å². The molecule has 3 heterocycles. The molecule has 0 spiro atoms. The number of carbonyl (C=O) groups is 1. The van der Waals surface area contributed by atoms with Crippen LogP contribution in [-0.2, 0) is 6.42 Å². The zero-order valence-corrected chi connectivity index (χ0v) is 17.7. The molecular weight excluding hydrogens is 393 g/mol. The largest absolute Gasteiger partial charge is 0.330 e. The third kappa shape index (κ3) is 5.25. The van der Waals surface area contributed by atoms with Gasteiger partial charge in [-0.15, -0.1) is 24.8 Å². The zero-order chi connectivity index (χ0) is 17.8. The number of likely N-dealkylation sites (tertiary alicyclic amines) is 1. The van der Waals surface area contributed by atoms with Gasteiger partial charge in [-0.3, -0.25) is 9.78 Å². The highest BCUT2D eigenvalue weighted by Crippen LogP contribution is 2.32. The summed E-state index contributed by atoms with van der Waals surface area (Å²) in [5.74, 6) is 0.875. The van der Waals surface area contributed by atoms with Crippen LogP contribution in [0.1, 0.15) is 53.3 Å². The average Bonchev–Trinajstić information content (AvgIpc) is 3.19. The second-order valence-electron chi connectivity index (χ2n) is 7.51. The Kier molecular flexibility index (Phi) is 8.74. The molecule has 1 atom stereocenters. The van der Waals surface area contributed by atoms with Gasteiger partial charge in [0.25, 0.3) is 5.91 Å². The maximum Gasteiger partial charge on any atom is 0.254 e. The molecule has 2 fully saturated rings. The molecule has 1 amide bonds. The van der Waals surface area contributed by atoms with Gasteiger partial charge in [-0.05, 0) is 80.9 Å². The van der Waals surface area contributed by atoms with Gasteiger partial charge < -0.3 is 10.2 Å². The number of carbonyl (C=O) groups excluding carboxylic acids is 1. The number of rotatable bonds is 4. The second-order valence-corrected chi connectivity index (χ2v) is 7.51. The van der Waals surface area contributed by atoms with Gasteiger partial charge in [-0.2, -0.15) is 0 Å². The number of benzene rings is 1. The molecule has 152 valence electrons. The highest BCUT2D eigenvalue weighted by Gasteiger charge is 2.31. The van der Waals surface area contributed by atoms with Crippen LogP contribution in [0.2, 0.25) is 0 Å². The first kappa shape index (κ1) is 22.7. The molecule has 2 aliphatic rings. The number of halogens is 2. The lowest BCUT2D eigenvalue weighted by atomic mass is 9.90. The smallest absolute Gasteiger partial charge is 0.254 e. The lowest BCUT2D eigenvalue weighted by Gasteiger charge is -2.25. The molecule has 1 aromatic heterocycles. The number of hydrogen-bond acceptors (Lipinski definition) is 3. The summed E-state index contributed by atoms with van der Waals surface area (Å²) in [6, 6.07) is 14.3. The summed E-state index contributed by atoms with van der Waals surface area (Å²) >= 11 is 0. The van der Waals surface area contributed by atoms with E-state index in [0.29, 0.717) is 0 Å². The first-order chi connectivity index (χ1) is 12.8. The average molecular weight is 422 g/mol. The Balaban J connectivity index is 0.00000140. The van der Waals surface area contributed by atoms with Crippen molar-refractivity contribution in [3.63, 3.8) is 0 Å². The molecule has 4 nitrogen and oxygen atoms in total. The minimum Gasteiger partial charge on any atom is -0.330 e. The van der Waals surface area contributed by atoms with Crippen molar-refractivity contribution < 1.29 is 4.79 Å². The molecule has 0 radical (unpaired) electrons. The molecule has 6 heteroatoms. The Morgan fingerprint density at radius 1 is 1.07 bits per heavy atom. The monoisotopic (exact) mass is 421 g/mol. The number of pyridine rings is 1. The van der Waals surface area contributed by atoms with Gasteiger partial charge in [-0.25, -0.2) is 0 Å². The predicted molar refractivity (Wildman–Crippen MR) is 117 cm³/mol. The van der Waals surface area contributed by atoms with Crippen LogP contribution in [0, 0.1) is 5.92 Å². The summed E-state index contributed by atoms with van der Waals surface area (Å²) in [6.45, 7) is 3.05. The summed E-state index contributed by atoms with van der Waals surface area (Å²) in [4.78, 5) is 19.7. The van der Waals surface area contributed by atoms with Crippen molar-refractivity contribution in [3.05, 3.63) is 65.5 Å². The fraction of sp³-hybridized carbons (Fsp3) is 0.455. The summed E-state index contributed by atoms with van der Waals surface area (Å²) in [7, 11) is 0. The van der Waals surface area contributed by atoms with E-state index in [1.807, 2.05) is 41.4 Å². The van der Waals surface area contributed by atoms with Gasteiger partial charge in [0, 0.05) is 18.3 Å². The predicted octanol–water partition coefficient (Wildman–Crippen LogP) is 4.44. The number of amides is 1. The number of nitrogens with zero attached hydrogens (tertiary/aromatic N) is 2. The fourth-order valence-electron chi connectivity index (χ4n) is 4.31. The van der Waals surface area contributed by atoms with Crippen LogP contribution in [0.3, 0.4) is 0 Å². The summed E-state index contributed by atoms with van der Waals surface area (Å²) in [6.07, 6.45) is 7.39. The van der Waals surface area contributed by atoms with Crippen molar-refractivity contribution in [1.82, 2.24) is 15.2 Å². The van der Waals surface area contributed by atoms with Gasteiger partial charge in [0.2, 0.25) is 0 Å². The van der Waals surface area contributed by atoms with Crippen LogP contribution in [0.5, 0.6) is 0 Å². The lowest BCUT2D eigenvalue weighted by molar-refractivity contribution is 0.0732. The molecule has 1 unspecified atom stereocenters. The quantitative estimate of drug-likeness (QED) is 0.792. The maximum atomic E-state index is 13.2. The molecule has 0 aliphatic carbocycles. The van der Waals surface area contributed by atoms with Crippen LogP contribution in [0.4, 0.5) is 0 Å². The van der Waals surface area contributed by atoms with Crippen molar-refractivity contribution in [1.29, 1.82) is 0 Å². The van der Waals surface area contributed by atoms with Gasteiger partial charge >= 0.3 is 0 Å². The normalized spacial score (nSPS) is 19.6. The van der Waals surface area contributed by atoms with Gasteiger partial charge in [0.15, 0.2) is 0 Å². The van der Waals surface area contributed by atoms with Gasteiger partial charge in [0.05, 0.1) is 11.7 Å². The number of hydrogen-bond donors (Lipinski definition) is 1. The summed E-state index contributed by atoms with van der Waals surface area (Å²) in [5, 5.41) is 3.42. The molecular formula is C22H29Cl2N3O.